The number of hydrogen-bond acceptors (Lipinski definition) is 2. The van der Waals surface area contributed by atoms with E-state index in [-0.39, 0.29) is 0 Å². The maximum absolute atomic E-state index is 6.06. The topological polar surface area (TPSA) is 38.0 Å². The van der Waals surface area contributed by atoms with Crippen LogP contribution in [0.3, 0.4) is 0 Å². The van der Waals surface area contributed by atoms with Gasteiger partial charge in [0.1, 0.15) is 0 Å². The minimum atomic E-state index is 0.595. The summed E-state index contributed by atoms with van der Waals surface area (Å²) in [5.41, 5.74) is 6.06. The Kier molecular flexibility index (Phi) is 4.81. The molecule has 110 valence electrons. The van der Waals surface area contributed by atoms with Crippen molar-refractivity contribution >= 4 is 0 Å². The highest BCUT2D eigenvalue weighted by atomic mass is 14.9. The average molecular weight is 264 g/mol. The van der Waals surface area contributed by atoms with E-state index in [1.54, 1.807) is 0 Å². The van der Waals surface area contributed by atoms with Crippen molar-refractivity contribution < 1.29 is 0 Å². The Morgan fingerprint density at radius 1 is 0.789 bits per heavy atom. The minimum Gasteiger partial charge on any atom is -0.329 e. The van der Waals surface area contributed by atoms with Crippen molar-refractivity contribution in [1.29, 1.82) is 0 Å². The second kappa shape index (κ2) is 6.58. The number of rotatable bonds is 7. The van der Waals surface area contributed by atoms with Gasteiger partial charge in [0.15, 0.2) is 0 Å². The molecule has 0 saturated heterocycles. The van der Waals surface area contributed by atoms with Crippen LogP contribution < -0.4 is 11.1 Å². The Bertz CT molecular complexity index is 250. The molecule has 3 aliphatic rings. The molecule has 1 unspecified atom stereocenters. The van der Waals surface area contributed by atoms with Crippen LogP contribution in [0.25, 0.3) is 0 Å². The zero-order valence-corrected chi connectivity index (χ0v) is 12.4. The van der Waals surface area contributed by atoms with Crippen LogP contribution in [0.4, 0.5) is 0 Å². The van der Waals surface area contributed by atoms with E-state index >= 15 is 0 Å². The smallest absolute Gasteiger partial charge is 0.0218 e. The zero-order valence-electron chi connectivity index (χ0n) is 12.4. The van der Waals surface area contributed by atoms with Gasteiger partial charge in [-0.1, -0.05) is 25.7 Å². The molecule has 0 aromatic carbocycles. The molecule has 1 atom stereocenters. The van der Waals surface area contributed by atoms with Crippen LogP contribution in [0, 0.1) is 23.7 Å². The van der Waals surface area contributed by atoms with E-state index in [0.29, 0.717) is 6.04 Å². The Balaban J connectivity index is 1.47. The lowest BCUT2D eigenvalue weighted by atomic mass is 9.90. The lowest BCUT2D eigenvalue weighted by Gasteiger charge is -2.28. The van der Waals surface area contributed by atoms with Gasteiger partial charge in [-0.3, -0.25) is 0 Å². The Labute approximate surface area is 118 Å². The summed E-state index contributed by atoms with van der Waals surface area (Å²) in [6.45, 7) is 2.10. The molecule has 2 heteroatoms. The molecule has 3 N–H and O–H groups in total. The molecule has 3 saturated carbocycles. The molecule has 0 bridgehead atoms. The molecular weight excluding hydrogens is 232 g/mol. The predicted octanol–water partition coefficient (Wildman–Crippen LogP) is 3.31. The van der Waals surface area contributed by atoms with Crippen molar-refractivity contribution in [2.45, 2.75) is 70.3 Å². The summed E-state index contributed by atoms with van der Waals surface area (Å²) in [5, 5.41) is 3.88. The lowest BCUT2D eigenvalue weighted by Crippen LogP contribution is -2.44. The third-order valence-electron chi connectivity index (χ3n) is 5.79. The minimum absolute atomic E-state index is 0.595. The molecule has 3 aliphatic carbocycles. The van der Waals surface area contributed by atoms with Crippen molar-refractivity contribution in [2.75, 3.05) is 13.1 Å². The van der Waals surface area contributed by atoms with Gasteiger partial charge < -0.3 is 11.1 Å². The third-order valence-corrected chi connectivity index (χ3v) is 5.79. The number of nitrogens with one attached hydrogen (secondary N) is 1. The average Bonchev–Trinajstić information content (AvgIpc) is 3.31. The van der Waals surface area contributed by atoms with Crippen molar-refractivity contribution in [3.63, 3.8) is 0 Å². The first kappa shape index (κ1) is 13.9. The van der Waals surface area contributed by atoms with E-state index in [1.807, 2.05) is 0 Å². The Hall–Kier alpha value is -0.0800. The van der Waals surface area contributed by atoms with Crippen LogP contribution in [-0.4, -0.2) is 19.1 Å². The fourth-order valence-corrected chi connectivity index (χ4v) is 4.21. The van der Waals surface area contributed by atoms with E-state index in [0.717, 1.165) is 30.2 Å². The summed E-state index contributed by atoms with van der Waals surface area (Å²) in [5.74, 6) is 3.96. The van der Waals surface area contributed by atoms with Crippen LogP contribution in [0.1, 0.15) is 64.2 Å². The van der Waals surface area contributed by atoms with Crippen molar-refractivity contribution in [3.05, 3.63) is 0 Å². The highest BCUT2D eigenvalue weighted by molar-refractivity contribution is 4.93. The first-order valence-electron chi connectivity index (χ1n) is 8.82. The van der Waals surface area contributed by atoms with E-state index in [1.165, 1.54) is 70.8 Å². The molecule has 0 aliphatic heterocycles. The molecule has 19 heavy (non-hydrogen) atoms. The Morgan fingerprint density at radius 2 is 1.37 bits per heavy atom. The van der Waals surface area contributed by atoms with Crippen LogP contribution in [0.5, 0.6) is 0 Å². The maximum Gasteiger partial charge on any atom is 0.0218 e. The van der Waals surface area contributed by atoms with Crippen LogP contribution in [0.15, 0.2) is 0 Å². The molecule has 0 aromatic heterocycles. The largest absolute Gasteiger partial charge is 0.329 e. The summed E-state index contributed by atoms with van der Waals surface area (Å²) in [7, 11) is 0. The second-order valence-corrected chi connectivity index (χ2v) is 7.34. The van der Waals surface area contributed by atoms with Gasteiger partial charge in [0, 0.05) is 12.6 Å². The van der Waals surface area contributed by atoms with Crippen molar-refractivity contribution in [2.24, 2.45) is 29.4 Å². The van der Waals surface area contributed by atoms with Gasteiger partial charge in [-0.05, 0) is 68.7 Å². The van der Waals surface area contributed by atoms with Gasteiger partial charge in [-0.15, -0.1) is 0 Å². The highest BCUT2D eigenvalue weighted by Crippen LogP contribution is 2.48. The van der Waals surface area contributed by atoms with Gasteiger partial charge in [-0.25, -0.2) is 0 Å². The molecular formula is C17H32N2. The van der Waals surface area contributed by atoms with Crippen molar-refractivity contribution in [3.8, 4) is 0 Å². The lowest BCUT2D eigenvalue weighted by molar-refractivity contribution is 0.286. The van der Waals surface area contributed by atoms with E-state index < -0.39 is 0 Å². The third kappa shape index (κ3) is 3.95. The van der Waals surface area contributed by atoms with Crippen LogP contribution in [-0.2, 0) is 0 Å². The number of hydrogen-bond donors (Lipinski definition) is 2. The predicted molar refractivity (Wildman–Crippen MR) is 81.0 cm³/mol. The SMILES string of the molecule is NCC(NCC(C1CC1)C1CC1)C1CCCCCC1. The molecule has 0 radical (unpaired) electrons. The quantitative estimate of drug-likeness (QED) is 0.692. The summed E-state index contributed by atoms with van der Waals surface area (Å²) in [6.07, 6.45) is 14.6. The van der Waals surface area contributed by atoms with Crippen LogP contribution in [0.2, 0.25) is 0 Å². The summed E-state index contributed by atoms with van der Waals surface area (Å²) < 4.78 is 0. The van der Waals surface area contributed by atoms with E-state index in [9.17, 15) is 0 Å². The maximum atomic E-state index is 6.06. The normalized spacial score (nSPS) is 27.5. The molecule has 3 rings (SSSR count). The molecule has 0 heterocycles. The Morgan fingerprint density at radius 3 is 1.84 bits per heavy atom. The van der Waals surface area contributed by atoms with Gasteiger partial charge in [0.05, 0.1) is 0 Å². The first-order valence-corrected chi connectivity index (χ1v) is 8.82. The summed E-state index contributed by atoms with van der Waals surface area (Å²) in [6, 6.07) is 0.595. The summed E-state index contributed by atoms with van der Waals surface area (Å²) in [4.78, 5) is 0. The van der Waals surface area contributed by atoms with Gasteiger partial charge in [-0.2, -0.15) is 0 Å². The van der Waals surface area contributed by atoms with Crippen molar-refractivity contribution in [1.82, 2.24) is 5.32 Å². The monoisotopic (exact) mass is 264 g/mol. The van der Waals surface area contributed by atoms with Gasteiger partial charge in [0.2, 0.25) is 0 Å². The first-order chi connectivity index (χ1) is 9.38. The van der Waals surface area contributed by atoms with E-state index in [2.05, 4.69) is 5.32 Å². The van der Waals surface area contributed by atoms with E-state index in [4.69, 9.17) is 5.73 Å². The fourth-order valence-electron chi connectivity index (χ4n) is 4.21. The summed E-state index contributed by atoms with van der Waals surface area (Å²) >= 11 is 0. The number of nitrogens with two attached hydrogens (primary N) is 1. The standard InChI is InChI=1S/C17H32N2/c18-11-17(15-5-3-1-2-4-6-15)19-12-16(13-7-8-13)14-9-10-14/h13-17,19H,1-12,18H2. The highest BCUT2D eigenvalue weighted by Gasteiger charge is 2.41. The van der Waals surface area contributed by atoms with Gasteiger partial charge >= 0.3 is 0 Å². The molecule has 0 spiro atoms. The van der Waals surface area contributed by atoms with Crippen LogP contribution >= 0.6 is 0 Å². The second-order valence-electron chi connectivity index (χ2n) is 7.34. The molecule has 0 amide bonds. The zero-order chi connectivity index (χ0) is 13.1. The molecule has 2 nitrogen and oxygen atoms in total. The van der Waals surface area contributed by atoms with Gasteiger partial charge in [0.25, 0.3) is 0 Å². The molecule has 0 aromatic rings. The molecule has 3 fully saturated rings. The fraction of sp³-hybridized carbons (Fsp3) is 1.00.